The van der Waals surface area contributed by atoms with Crippen LogP contribution >= 0.6 is 23.2 Å². The Hall–Kier alpha value is -5.58. The summed E-state index contributed by atoms with van der Waals surface area (Å²) >= 11 is 12.8. The molecule has 4 aromatic rings. The lowest BCUT2D eigenvalue weighted by molar-refractivity contribution is -0.139. The van der Waals surface area contributed by atoms with E-state index in [1.54, 1.807) is 92.2 Å². The summed E-state index contributed by atoms with van der Waals surface area (Å²) < 4.78 is 11.7. The molecule has 3 aliphatic heterocycles. The van der Waals surface area contributed by atoms with Crippen LogP contribution in [0.15, 0.2) is 114 Å². The van der Waals surface area contributed by atoms with Gasteiger partial charge in [-0.1, -0.05) is 65.2 Å². The average Bonchev–Trinajstić information content (AvgIpc) is 3.56. The van der Waals surface area contributed by atoms with Crippen LogP contribution in [0, 0.1) is 29.6 Å². The summed E-state index contributed by atoms with van der Waals surface area (Å²) in [4.78, 5) is 60.3. The van der Waals surface area contributed by atoms with Crippen molar-refractivity contribution in [3.05, 3.63) is 136 Å². The third-order valence-electron chi connectivity index (χ3n) is 11.7. The van der Waals surface area contributed by atoms with Crippen molar-refractivity contribution in [3.63, 3.8) is 0 Å². The van der Waals surface area contributed by atoms with E-state index < -0.39 is 46.8 Å². The van der Waals surface area contributed by atoms with Crippen molar-refractivity contribution in [2.45, 2.75) is 24.7 Å². The Morgan fingerprint density at radius 1 is 0.889 bits per heavy atom. The van der Waals surface area contributed by atoms with Gasteiger partial charge in [0.05, 0.1) is 52.9 Å². The standard InChI is InChI=1S/C42H33Cl2N3O7/c1-53-28-11-7-24(8-12-28)42-32(39(50)47(41(42)52)45-34-15-9-25(43)19-33(34)44)20-31-29(37(42)23-17-22-18-27(48)10-16-35(22)54-21-23)13-14-30-36(31)40(51)46(38(30)49)26-5-3-2-4-6-26/h2-13,15-16,18-19,21,30-32,36-37,45,48H,14,17,20H2,1H3. The Labute approximate surface area is 320 Å². The third kappa shape index (κ3) is 5.00. The summed E-state index contributed by atoms with van der Waals surface area (Å²) in [5.74, 6) is -4.16. The van der Waals surface area contributed by atoms with Gasteiger partial charge in [-0.2, -0.15) is 5.01 Å². The van der Waals surface area contributed by atoms with Gasteiger partial charge in [-0.05, 0) is 90.6 Å². The van der Waals surface area contributed by atoms with Crippen LogP contribution in [0.1, 0.15) is 24.0 Å². The Morgan fingerprint density at radius 3 is 2.41 bits per heavy atom. The zero-order chi connectivity index (χ0) is 37.5. The highest BCUT2D eigenvalue weighted by molar-refractivity contribution is 6.36. The number of allylic oxidation sites excluding steroid dienone is 3. The number of carbonyl (C=O) groups excluding carboxylic acids is 4. The molecule has 0 bridgehead atoms. The molecule has 4 aromatic carbocycles. The first-order valence-electron chi connectivity index (χ1n) is 17.7. The SMILES string of the molecule is COc1ccc(C23C(=O)N(Nc4ccc(Cl)cc4Cl)C(=O)C2CC2C(=CCC4C(=O)N(c5ccccc5)C(=O)C42)C3C2=COc3ccc(O)cc3C2)cc1. The highest BCUT2D eigenvalue weighted by atomic mass is 35.5. The van der Waals surface area contributed by atoms with Crippen LogP contribution in [-0.2, 0) is 31.0 Å². The van der Waals surface area contributed by atoms with Crippen LogP contribution in [0.3, 0.4) is 0 Å². The fourth-order valence-electron chi connectivity index (χ4n) is 9.49. The number of nitrogens with zero attached hydrogens (tertiary/aromatic N) is 2. The van der Waals surface area contributed by atoms with E-state index in [2.05, 4.69) is 5.43 Å². The van der Waals surface area contributed by atoms with E-state index in [1.165, 1.54) is 11.0 Å². The minimum absolute atomic E-state index is 0.0565. The first-order chi connectivity index (χ1) is 26.1. The highest BCUT2D eigenvalue weighted by Gasteiger charge is 2.71. The number of nitrogens with one attached hydrogen (secondary N) is 1. The molecule has 12 heteroatoms. The summed E-state index contributed by atoms with van der Waals surface area (Å²) in [5, 5.41) is 12.1. The maximum atomic E-state index is 15.5. The second-order valence-corrected chi connectivity index (χ2v) is 15.2. The molecule has 0 radical (unpaired) electrons. The number of imide groups is 2. The van der Waals surface area contributed by atoms with Gasteiger partial charge in [0.15, 0.2) is 0 Å². The van der Waals surface area contributed by atoms with Crippen molar-refractivity contribution in [2.75, 3.05) is 17.4 Å². The Balaban J connectivity index is 1.24. The number of halogens is 2. The zero-order valence-electron chi connectivity index (χ0n) is 28.9. The summed E-state index contributed by atoms with van der Waals surface area (Å²) in [7, 11) is 1.55. The Bertz CT molecular complexity index is 2330. The number of phenolic OH excluding ortho intramolecular Hbond substituents is 1. The molecule has 54 heavy (non-hydrogen) atoms. The Morgan fingerprint density at radius 2 is 1.67 bits per heavy atom. The third-order valence-corrected chi connectivity index (χ3v) is 12.3. The number of hydrazine groups is 1. The molecule has 10 nitrogen and oxygen atoms in total. The maximum Gasteiger partial charge on any atom is 0.260 e. The number of rotatable bonds is 6. The fourth-order valence-corrected chi connectivity index (χ4v) is 9.94. The van der Waals surface area contributed by atoms with E-state index in [0.29, 0.717) is 44.6 Å². The first-order valence-corrected chi connectivity index (χ1v) is 18.4. The zero-order valence-corrected chi connectivity index (χ0v) is 30.4. The quantitative estimate of drug-likeness (QED) is 0.156. The number of benzene rings is 4. The number of anilines is 2. The fraction of sp³-hybridized carbons (Fsp3) is 0.238. The number of carbonyl (C=O) groups is 4. The van der Waals surface area contributed by atoms with E-state index in [4.69, 9.17) is 32.7 Å². The van der Waals surface area contributed by atoms with Crippen LogP contribution < -0.4 is 19.8 Å². The van der Waals surface area contributed by atoms with Gasteiger partial charge in [-0.15, -0.1) is 0 Å². The van der Waals surface area contributed by atoms with E-state index in [1.807, 2.05) is 12.1 Å². The van der Waals surface area contributed by atoms with Crippen molar-refractivity contribution in [1.82, 2.24) is 5.01 Å². The van der Waals surface area contributed by atoms with Crippen molar-refractivity contribution in [3.8, 4) is 17.2 Å². The molecule has 2 N–H and O–H groups in total. The number of aromatic hydroxyl groups is 1. The van der Waals surface area contributed by atoms with Crippen LogP contribution in [0.5, 0.6) is 17.2 Å². The molecule has 0 aromatic heterocycles. The molecule has 3 fully saturated rings. The molecule has 0 spiro atoms. The molecule has 9 rings (SSSR count). The number of ether oxygens (including phenoxy) is 2. The summed E-state index contributed by atoms with van der Waals surface area (Å²) in [6.45, 7) is 0. The number of fused-ring (bicyclic) bond motifs is 5. The predicted octanol–water partition coefficient (Wildman–Crippen LogP) is 7.25. The first kappa shape index (κ1) is 34.2. The molecule has 272 valence electrons. The number of para-hydroxylation sites is 1. The number of amides is 4. The lowest BCUT2D eigenvalue weighted by Gasteiger charge is -2.51. The number of phenols is 1. The van der Waals surface area contributed by atoms with Crippen LogP contribution in [0.4, 0.5) is 11.4 Å². The molecular weight excluding hydrogens is 729 g/mol. The molecule has 4 amide bonds. The van der Waals surface area contributed by atoms with Gasteiger partial charge in [-0.3, -0.25) is 29.5 Å². The molecule has 2 saturated heterocycles. The molecular formula is C42H33Cl2N3O7. The summed E-state index contributed by atoms with van der Waals surface area (Å²) in [5.41, 5.74) is 5.04. The van der Waals surface area contributed by atoms with Crippen LogP contribution in [-0.4, -0.2) is 40.9 Å². The minimum atomic E-state index is -1.53. The smallest absolute Gasteiger partial charge is 0.260 e. The monoisotopic (exact) mass is 761 g/mol. The van der Waals surface area contributed by atoms with Crippen molar-refractivity contribution >= 4 is 58.2 Å². The second-order valence-electron chi connectivity index (χ2n) is 14.3. The van der Waals surface area contributed by atoms with Gasteiger partial charge in [0.2, 0.25) is 11.8 Å². The van der Waals surface area contributed by atoms with Crippen LogP contribution in [0.25, 0.3) is 0 Å². The van der Waals surface area contributed by atoms with E-state index in [-0.39, 0.29) is 41.8 Å². The normalized spacial score (nSPS) is 27.0. The molecule has 2 aliphatic carbocycles. The lowest BCUT2D eigenvalue weighted by atomic mass is 9.48. The van der Waals surface area contributed by atoms with Gasteiger partial charge in [0.1, 0.15) is 17.2 Å². The van der Waals surface area contributed by atoms with Crippen molar-refractivity contribution in [1.29, 1.82) is 0 Å². The number of methoxy groups -OCH3 is 1. The molecule has 1 saturated carbocycles. The number of hydrogen-bond donors (Lipinski definition) is 2. The van der Waals surface area contributed by atoms with Gasteiger partial charge >= 0.3 is 0 Å². The summed E-state index contributed by atoms with van der Waals surface area (Å²) in [6.07, 6.45) is 4.32. The molecule has 6 atom stereocenters. The van der Waals surface area contributed by atoms with Gasteiger partial charge in [0, 0.05) is 22.9 Å². The second kappa shape index (κ2) is 12.8. The van der Waals surface area contributed by atoms with Crippen molar-refractivity contribution in [2.24, 2.45) is 29.6 Å². The predicted molar refractivity (Wildman–Crippen MR) is 201 cm³/mol. The maximum absolute atomic E-state index is 15.5. The van der Waals surface area contributed by atoms with Gasteiger partial charge in [0.25, 0.3) is 11.8 Å². The van der Waals surface area contributed by atoms with Gasteiger partial charge in [-0.25, -0.2) is 0 Å². The molecule has 6 unspecified atom stereocenters. The van der Waals surface area contributed by atoms with E-state index in [9.17, 15) is 19.5 Å². The molecule has 5 aliphatic rings. The van der Waals surface area contributed by atoms with Crippen molar-refractivity contribution < 1.29 is 33.8 Å². The minimum Gasteiger partial charge on any atom is -0.508 e. The van der Waals surface area contributed by atoms with E-state index >= 15 is 4.79 Å². The van der Waals surface area contributed by atoms with Gasteiger partial charge < -0.3 is 14.6 Å². The van der Waals surface area contributed by atoms with E-state index in [0.717, 1.165) is 10.6 Å². The summed E-state index contributed by atoms with van der Waals surface area (Å²) in [6, 6.07) is 25.6. The average molecular weight is 763 g/mol. The lowest BCUT2D eigenvalue weighted by Crippen LogP contribution is -2.55. The molecule has 3 heterocycles. The largest absolute Gasteiger partial charge is 0.508 e. The topological polar surface area (TPSA) is 125 Å². The highest BCUT2D eigenvalue weighted by Crippen LogP contribution is 2.63. The van der Waals surface area contributed by atoms with Crippen LogP contribution in [0.2, 0.25) is 10.0 Å². The number of hydrogen-bond acceptors (Lipinski definition) is 8. The Kier molecular flexibility index (Phi) is 8.09.